The number of benzene rings is 1. The van der Waals surface area contributed by atoms with E-state index in [0.29, 0.717) is 30.7 Å². The largest absolute Gasteiger partial charge is 1.00 e. The van der Waals surface area contributed by atoms with Crippen molar-refractivity contribution >= 4 is 29.4 Å². The first kappa shape index (κ1) is 35.8. The third-order valence-electron chi connectivity index (χ3n) is 5.91. The number of hydrogen-bond donors (Lipinski definition) is 3. The van der Waals surface area contributed by atoms with Gasteiger partial charge in [0.2, 0.25) is 12.2 Å². The van der Waals surface area contributed by atoms with Crippen molar-refractivity contribution in [1.82, 2.24) is 5.32 Å². The molecule has 2 aromatic rings. The van der Waals surface area contributed by atoms with Crippen LogP contribution in [-0.2, 0) is 16.2 Å². The minimum absolute atomic E-state index is 0. The van der Waals surface area contributed by atoms with Crippen LogP contribution in [0.5, 0.6) is 5.75 Å². The summed E-state index contributed by atoms with van der Waals surface area (Å²) in [4.78, 5) is 15.6. The first-order valence-corrected chi connectivity index (χ1v) is 14.3. The van der Waals surface area contributed by atoms with Crippen LogP contribution >= 0.6 is 11.6 Å². The van der Waals surface area contributed by atoms with E-state index in [0.717, 1.165) is 82.2 Å². The highest BCUT2D eigenvalue weighted by atomic mass is 35.5. The van der Waals surface area contributed by atoms with E-state index in [4.69, 9.17) is 36.8 Å². The van der Waals surface area contributed by atoms with E-state index in [-0.39, 0.29) is 19.1 Å². The predicted molar refractivity (Wildman–Crippen MR) is 156 cm³/mol. The number of nitrogens with two attached hydrogens (primary N) is 1. The topological polar surface area (TPSA) is 135 Å². The Labute approximate surface area is 254 Å². The maximum atomic E-state index is 11.8. The molecule has 1 aromatic carbocycles. The van der Waals surface area contributed by atoms with Crippen LogP contribution in [0.25, 0.3) is 0 Å². The number of unbranched alkanes of at least 4 members (excludes halogenated alkanes) is 8. The molecule has 0 aliphatic rings. The summed E-state index contributed by atoms with van der Waals surface area (Å²) in [5.41, 5.74) is 6.22. The standard InChI is InChI=1S/C29H41ClN6O4.ClH/c30-25-11-13-27(14-12-25)38-21-9-6-4-8-18-33-28(34-23-32)35-26-15-19-36(20-16-26)24-40-29(37)39-22-10-5-2-1-3-7-17-31;/h11-16,19-20H,1-10,17-18,21-22,24,31H2,(H,33,34);1H. The first-order valence-electron chi connectivity index (χ1n) is 14.0. The molecule has 0 spiro atoms. The molecule has 10 nitrogen and oxygen atoms in total. The van der Waals surface area contributed by atoms with Crippen molar-refractivity contribution in [2.75, 3.05) is 31.6 Å². The zero-order valence-electron chi connectivity index (χ0n) is 23.5. The molecule has 0 atom stereocenters. The fraction of sp³-hybridized carbons (Fsp3) is 0.517. The van der Waals surface area contributed by atoms with Gasteiger partial charge in [0.15, 0.2) is 12.4 Å². The number of hydrogen-bond acceptors (Lipinski definition) is 7. The van der Waals surface area contributed by atoms with E-state index in [1.54, 1.807) is 29.1 Å². The van der Waals surface area contributed by atoms with Gasteiger partial charge in [-0.05, 0) is 56.5 Å². The summed E-state index contributed by atoms with van der Waals surface area (Å²) in [7, 11) is 0. The van der Waals surface area contributed by atoms with Crippen LogP contribution in [-0.4, -0.2) is 38.4 Å². The van der Waals surface area contributed by atoms with Crippen molar-refractivity contribution in [3.05, 3.63) is 53.8 Å². The van der Waals surface area contributed by atoms with Gasteiger partial charge in [0.25, 0.3) is 6.73 Å². The number of aliphatic imine (C=N–C) groups is 1. The summed E-state index contributed by atoms with van der Waals surface area (Å²) in [5, 5.41) is 16.0. The number of nitrogens with one attached hydrogen (secondary N) is 2. The van der Waals surface area contributed by atoms with Gasteiger partial charge < -0.3 is 43.0 Å². The average molecular weight is 610 g/mol. The SMILES string of the molecule is N#CN=C(NCCCCCCOc1ccc(Cl)cc1)Nc1cc[n+](COC(=O)OCCCCCCCCN)cc1.[Cl-]. The summed E-state index contributed by atoms with van der Waals surface area (Å²) >= 11 is 5.88. The lowest BCUT2D eigenvalue weighted by Gasteiger charge is -2.11. The fourth-order valence-electron chi connectivity index (χ4n) is 3.71. The van der Waals surface area contributed by atoms with Crippen LogP contribution < -0.4 is 38.1 Å². The van der Waals surface area contributed by atoms with E-state index in [2.05, 4.69) is 15.6 Å². The number of carbonyl (C=O) groups excluding carboxylic acids is 1. The highest BCUT2D eigenvalue weighted by Gasteiger charge is 2.09. The third-order valence-corrected chi connectivity index (χ3v) is 6.16. The van der Waals surface area contributed by atoms with Gasteiger partial charge in [-0.2, -0.15) is 9.83 Å². The van der Waals surface area contributed by atoms with Gasteiger partial charge in [0, 0.05) is 23.7 Å². The molecule has 4 N–H and O–H groups in total. The number of aromatic nitrogens is 1. The second-order valence-corrected chi connectivity index (χ2v) is 9.65. The highest BCUT2D eigenvalue weighted by molar-refractivity contribution is 6.30. The van der Waals surface area contributed by atoms with E-state index in [9.17, 15) is 4.79 Å². The smallest absolute Gasteiger partial charge is 0.513 e. The van der Waals surface area contributed by atoms with Crippen LogP contribution in [0.4, 0.5) is 10.5 Å². The number of carbonyl (C=O) groups is 1. The average Bonchev–Trinajstić information content (AvgIpc) is 2.96. The molecule has 0 unspecified atom stereocenters. The van der Waals surface area contributed by atoms with Gasteiger partial charge in [0.1, 0.15) is 5.75 Å². The fourth-order valence-corrected chi connectivity index (χ4v) is 3.84. The predicted octanol–water partition coefficient (Wildman–Crippen LogP) is 2.52. The number of nitriles is 1. The molecular weight excluding hydrogens is 567 g/mol. The lowest BCUT2D eigenvalue weighted by Crippen LogP contribution is -3.00. The van der Waals surface area contributed by atoms with Gasteiger partial charge in [-0.1, -0.05) is 50.1 Å². The summed E-state index contributed by atoms with van der Waals surface area (Å²) in [6.45, 7) is 2.48. The summed E-state index contributed by atoms with van der Waals surface area (Å²) in [5.74, 6) is 1.20. The van der Waals surface area contributed by atoms with Crippen molar-refractivity contribution in [1.29, 1.82) is 5.26 Å². The van der Waals surface area contributed by atoms with E-state index >= 15 is 0 Å². The molecule has 0 saturated heterocycles. The molecule has 0 bridgehead atoms. The lowest BCUT2D eigenvalue weighted by atomic mass is 10.1. The molecule has 1 aromatic heterocycles. The molecule has 0 amide bonds. The van der Waals surface area contributed by atoms with Crippen molar-refractivity contribution in [2.24, 2.45) is 10.7 Å². The molecule has 2 rings (SSSR count). The number of nitrogens with zero attached hydrogens (tertiary/aromatic N) is 3. The van der Waals surface area contributed by atoms with E-state index < -0.39 is 6.16 Å². The van der Waals surface area contributed by atoms with Crippen molar-refractivity contribution in [2.45, 2.75) is 70.9 Å². The second kappa shape index (κ2) is 23.4. The Kier molecular flexibility index (Phi) is 20.5. The zero-order valence-corrected chi connectivity index (χ0v) is 25.0. The summed E-state index contributed by atoms with van der Waals surface area (Å²) in [6.07, 6.45) is 14.9. The minimum Gasteiger partial charge on any atom is -1.00 e. The summed E-state index contributed by atoms with van der Waals surface area (Å²) in [6, 6.07) is 11.0. The molecule has 12 heteroatoms. The molecule has 0 radical (unpaired) electrons. The Morgan fingerprint density at radius 2 is 1.54 bits per heavy atom. The molecule has 0 saturated carbocycles. The number of rotatable bonds is 19. The first-order chi connectivity index (χ1) is 19.6. The van der Waals surface area contributed by atoms with Crippen LogP contribution in [0.3, 0.4) is 0 Å². The molecule has 0 aliphatic carbocycles. The molecule has 41 heavy (non-hydrogen) atoms. The monoisotopic (exact) mass is 608 g/mol. The van der Waals surface area contributed by atoms with Crippen LogP contribution in [0.1, 0.15) is 64.2 Å². The number of pyridine rings is 1. The van der Waals surface area contributed by atoms with E-state index in [1.165, 1.54) is 0 Å². The van der Waals surface area contributed by atoms with Gasteiger partial charge in [0.05, 0.1) is 18.9 Å². The van der Waals surface area contributed by atoms with Crippen LogP contribution in [0.2, 0.25) is 5.02 Å². The normalized spacial score (nSPS) is 10.7. The number of guanidine groups is 1. The Morgan fingerprint density at radius 1 is 0.902 bits per heavy atom. The molecule has 0 aliphatic heterocycles. The quantitative estimate of drug-likeness (QED) is 0.0553. The Bertz CT molecular complexity index is 1030. The second-order valence-electron chi connectivity index (χ2n) is 9.21. The molecular formula is C29H42Cl2N6O4. The number of halogens is 2. The van der Waals surface area contributed by atoms with Crippen molar-refractivity contribution in [3.8, 4) is 11.9 Å². The van der Waals surface area contributed by atoms with Gasteiger partial charge in [-0.25, -0.2) is 4.79 Å². The summed E-state index contributed by atoms with van der Waals surface area (Å²) < 4.78 is 17.7. The number of anilines is 1. The maximum Gasteiger partial charge on any atom is 0.513 e. The zero-order chi connectivity index (χ0) is 28.7. The molecule has 0 fully saturated rings. The maximum absolute atomic E-state index is 11.8. The minimum atomic E-state index is -0.681. The van der Waals surface area contributed by atoms with Crippen LogP contribution in [0.15, 0.2) is 53.8 Å². The lowest BCUT2D eigenvalue weighted by molar-refractivity contribution is -0.727. The number of ether oxygens (including phenoxy) is 3. The van der Waals surface area contributed by atoms with Gasteiger partial charge >= 0.3 is 6.16 Å². The Morgan fingerprint density at radius 3 is 2.22 bits per heavy atom. The molecule has 1 heterocycles. The Hall–Kier alpha value is -3.26. The van der Waals surface area contributed by atoms with Gasteiger partial charge in [-0.15, -0.1) is 4.99 Å². The molecule has 226 valence electrons. The third kappa shape index (κ3) is 17.9. The van der Waals surface area contributed by atoms with Crippen molar-refractivity contribution in [3.63, 3.8) is 0 Å². The van der Waals surface area contributed by atoms with Gasteiger partial charge in [-0.3, -0.25) is 0 Å². The highest BCUT2D eigenvalue weighted by Crippen LogP contribution is 2.16. The van der Waals surface area contributed by atoms with Crippen LogP contribution in [0, 0.1) is 11.5 Å². The Balaban J connectivity index is 0.00000840. The van der Waals surface area contributed by atoms with Crippen molar-refractivity contribution < 1.29 is 36.0 Å². The van der Waals surface area contributed by atoms with E-state index in [1.807, 2.05) is 30.5 Å².